The molecule has 0 N–H and O–H groups in total. The van der Waals surface area contributed by atoms with Crippen LogP contribution in [-0.4, -0.2) is 48.2 Å². The monoisotopic (exact) mass is 430 g/mol. The summed E-state index contributed by atoms with van der Waals surface area (Å²) < 4.78 is 11.8. The maximum absolute atomic E-state index is 12.4. The van der Waals surface area contributed by atoms with Gasteiger partial charge in [-0.05, 0) is 77.3 Å². The van der Waals surface area contributed by atoms with Crippen molar-refractivity contribution in [2.24, 2.45) is 0 Å². The van der Waals surface area contributed by atoms with Gasteiger partial charge in [0.2, 0.25) is 5.91 Å². The Balaban J connectivity index is 1.84. The number of amides is 2. The Morgan fingerprint density at radius 2 is 1.81 bits per heavy atom. The van der Waals surface area contributed by atoms with Crippen molar-refractivity contribution in [2.75, 3.05) is 24.6 Å². The predicted octanol–water partition coefficient (Wildman–Crippen LogP) is 5.28. The average Bonchev–Trinajstić information content (AvgIpc) is 2.70. The zero-order valence-corrected chi connectivity index (χ0v) is 20.0. The van der Waals surface area contributed by atoms with Gasteiger partial charge in [-0.3, -0.25) is 4.79 Å². The molecule has 1 atom stereocenters. The van der Waals surface area contributed by atoms with E-state index >= 15 is 0 Å². The van der Waals surface area contributed by atoms with E-state index in [2.05, 4.69) is 26.0 Å². The Hall–Kier alpha value is -2.24. The van der Waals surface area contributed by atoms with Gasteiger partial charge in [0.25, 0.3) is 0 Å². The van der Waals surface area contributed by atoms with Gasteiger partial charge >= 0.3 is 6.09 Å². The number of rotatable bonds is 4. The molecule has 0 aromatic heterocycles. The van der Waals surface area contributed by atoms with Crippen molar-refractivity contribution >= 4 is 17.7 Å². The fraction of sp³-hybridized carbons (Fsp3) is 0.680. The molecular formula is C25H38N2O4. The highest BCUT2D eigenvalue weighted by molar-refractivity contribution is 5.94. The number of nitrogens with zero attached hydrogens (tertiary/aromatic N) is 2. The van der Waals surface area contributed by atoms with E-state index in [-0.39, 0.29) is 18.0 Å². The van der Waals surface area contributed by atoms with E-state index < -0.39 is 5.60 Å². The van der Waals surface area contributed by atoms with Gasteiger partial charge in [0, 0.05) is 31.6 Å². The van der Waals surface area contributed by atoms with Crippen LogP contribution < -0.4 is 9.64 Å². The molecule has 1 fully saturated rings. The van der Waals surface area contributed by atoms with Crippen LogP contribution in [-0.2, 0) is 16.0 Å². The normalized spacial score (nSPS) is 19.7. The minimum absolute atomic E-state index is 0.0771. The first-order chi connectivity index (χ1) is 14.6. The zero-order valence-electron chi connectivity index (χ0n) is 20.0. The summed E-state index contributed by atoms with van der Waals surface area (Å²) in [5.41, 5.74) is 2.89. The molecule has 2 heterocycles. The van der Waals surface area contributed by atoms with Gasteiger partial charge in [0.15, 0.2) is 0 Å². The third-order valence-corrected chi connectivity index (χ3v) is 6.15. The third-order valence-electron chi connectivity index (χ3n) is 6.15. The maximum Gasteiger partial charge on any atom is 0.410 e. The lowest BCUT2D eigenvalue weighted by molar-refractivity contribution is -0.117. The second kappa shape index (κ2) is 9.49. The molecule has 3 rings (SSSR count). The van der Waals surface area contributed by atoms with Crippen molar-refractivity contribution in [2.45, 2.75) is 91.2 Å². The SMILES string of the molecule is CCCOc1c(C2CCN(C(=O)OC(C)(C)C)CC2)ccc2c1CC[C@H](C)N2C(C)=O. The molecule has 0 aliphatic carbocycles. The quantitative estimate of drug-likeness (QED) is 0.652. The Morgan fingerprint density at radius 3 is 2.39 bits per heavy atom. The standard InChI is InChI=1S/C25H38N2O4/c1-7-16-30-23-20(10-11-22-21(23)9-8-17(2)27(22)18(3)28)19-12-14-26(15-13-19)24(29)31-25(4,5)6/h10-11,17,19H,7-9,12-16H2,1-6H3/t17-/m0/s1. The maximum atomic E-state index is 12.4. The van der Waals surface area contributed by atoms with Crippen LogP contribution in [0.15, 0.2) is 12.1 Å². The summed E-state index contributed by atoms with van der Waals surface area (Å²) in [4.78, 5) is 28.5. The van der Waals surface area contributed by atoms with Crippen molar-refractivity contribution < 1.29 is 19.1 Å². The van der Waals surface area contributed by atoms with Crippen molar-refractivity contribution in [3.05, 3.63) is 23.3 Å². The lowest BCUT2D eigenvalue weighted by Gasteiger charge is -2.38. The number of carbonyl (C=O) groups is 2. The molecule has 1 aromatic carbocycles. The Kier molecular flexibility index (Phi) is 7.17. The molecule has 0 bridgehead atoms. The molecule has 6 heteroatoms. The lowest BCUT2D eigenvalue weighted by Crippen LogP contribution is -2.42. The third kappa shape index (κ3) is 5.34. The number of anilines is 1. The molecule has 1 saturated heterocycles. The van der Waals surface area contributed by atoms with Crippen molar-refractivity contribution in [1.82, 2.24) is 4.90 Å². The second-order valence-corrected chi connectivity index (χ2v) is 9.85. The number of carbonyl (C=O) groups excluding carboxylic acids is 2. The van der Waals surface area contributed by atoms with Crippen LogP contribution in [0.25, 0.3) is 0 Å². The van der Waals surface area contributed by atoms with Crippen molar-refractivity contribution in [3.8, 4) is 5.75 Å². The van der Waals surface area contributed by atoms with Crippen molar-refractivity contribution in [1.29, 1.82) is 0 Å². The number of ether oxygens (including phenoxy) is 2. The van der Waals surface area contributed by atoms with Crippen LogP contribution in [0, 0.1) is 0 Å². The molecule has 2 aliphatic rings. The Labute approximate surface area is 186 Å². The van der Waals surface area contributed by atoms with E-state index in [4.69, 9.17) is 9.47 Å². The summed E-state index contributed by atoms with van der Waals surface area (Å²) in [5.74, 6) is 1.38. The van der Waals surface area contributed by atoms with Crippen LogP contribution in [0.3, 0.4) is 0 Å². The van der Waals surface area contributed by atoms with E-state index in [1.807, 2.05) is 30.6 Å². The molecule has 2 amide bonds. The van der Waals surface area contributed by atoms with Gasteiger partial charge in [-0.15, -0.1) is 0 Å². The molecule has 6 nitrogen and oxygen atoms in total. The Morgan fingerprint density at radius 1 is 1.13 bits per heavy atom. The van der Waals surface area contributed by atoms with Crippen LogP contribution in [0.4, 0.5) is 10.5 Å². The van der Waals surface area contributed by atoms with E-state index in [1.54, 1.807) is 6.92 Å². The van der Waals surface area contributed by atoms with Gasteiger partial charge in [-0.2, -0.15) is 0 Å². The average molecular weight is 431 g/mol. The van der Waals surface area contributed by atoms with E-state index in [9.17, 15) is 9.59 Å². The predicted molar refractivity (Wildman–Crippen MR) is 123 cm³/mol. The minimum atomic E-state index is -0.479. The molecular weight excluding hydrogens is 392 g/mol. The molecule has 1 aromatic rings. The highest BCUT2D eigenvalue weighted by atomic mass is 16.6. The molecule has 172 valence electrons. The molecule has 0 radical (unpaired) electrons. The lowest BCUT2D eigenvalue weighted by atomic mass is 9.85. The van der Waals surface area contributed by atoms with E-state index in [1.165, 1.54) is 5.56 Å². The number of piperidine rings is 1. The molecule has 0 spiro atoms. The summed E-state index contributed by atoms with van der Waals surface area (Å²) >= 11 is 0. The summed E-state index contributed by atoms with van der Waals surface area (Å²) in [7, 11) is 0. The van der Waals surface area contributed by atoms with Crippen LogP contribution in [0.1, 0.15) is 84.3 Å². The number of benzene rings is 1. The summed E-state index contributed by atoms with van der Waals surface area (Å²) in [6.45, 7) is 13.6. The van der Waals surface area contributed by atoms with Gasteiger partial charge in [0.1, 0.15) is 11.4 Å². The fourth-order valence-electron chi connectivity index (χ4n) is 4.70. The van der Waals surface area contributed by atoms with Gasteiger partial charge in [0.05, 0.1) is 12.3 Å². The topological polar surface area (TPSA) is 59.1 Å². The van der Waals surface area contributed by atoms with E-state index in [0.29, 0.717) is 25.6 Å². The highest BCUT2D eigenvalue weighted by Gasteiger charge is 2.33. The van der Waals surface area contributed by atoms with Crippen LogP contribution >= 0.6 is 0 Å². The summed E-state index contributed by atoms with van der Waals surface area (Å²) in [6, 6.07) is 4.44. The van der Waals surface area contributed by atoms with Crippen LogP contribution in [0.2, 0.25) is 0 Å². The first kappa shape index (κ1) is 23.4. The smallest absolute Gasteiger partial charge is 0.410 e. The fourth-order valence-corrected chi connectivity index (χ4v) is 4.70. The Bertz CT molecular complexity index is 806. The number of fused-ring (bicyclic) bond motifs is 1. The van der Waals surface area contributed by atoms with Crippen molar-refractivity contribution in [3.63, 3.8) is 0 Å². The molecule has 31 heavy (non-hydrogen) atoms. The van der Waals surface area contributed by atoms with Gasteiger partial charge in [-0.1, -0.05) is 13.0 Å². The molecule has 0 unspecified atom stereocenters. The largest absolute Gasteiger partial charge is 0.493 e. The van der Waals surface area contributed by atoms with Gasteiger partial charge in [-0.25, -0.2) is 4.79 Å². The molecule has 2 aliphatic heterocycles. The highest BCUT2D eigenvalue weighted by Crippen LogP contribution is 2.44. The number of hydrogen-bond donors (Lipinski definition) is 0. The summed E-state index contributed by atoms with van der Waals surface area (Å²) in [5, 5.41) is 0. The number of likely N-dealkylation sites (tertiary alicyclic amines) is 1. The zero-order chi connectivity index (χ0) is 22.8. The second-order valence-electron chi connectivity index (χ2n) is 9.85. The first-order valence-corrected chi connectivity index (χ1v) is 11.7. The number of hydrogen-bond acceptors (Lipinski definition) is 4. The molecule has 0 saturated carbocycles. The summed E-state index contributed by atoms with van der Waals surface area (Å²) in [6.07, 6.45) is 4.33. The van der Waals surface area contributed by atoms with Gasteiger partial charge < -0.3 is 19.3 Å². The minimum Gasteiger partial charge on any atom is -0.493 e. The van der Waals surface area contributed by atoms with E-state index in [0.717, 1.165) is 49.1 Å². The van der Waals surface area contributed by atoms with Crippen LogP contribution in [0.5, 0.6) is 5.75 Å². The first-order valence-electron chi connectivity index (χ1n) is 11.7.